The number of nitrogens with zero attached hydrogens (tertiary/aromatic N) is 3. The van der Waals surface area contributed by atoms with Crippen LogP contribution in [0.3, 0.4) is 0 Å². The Morgan fingerprint density at radius 2 is 2.00 bits per heavy atom. The molecule has 5 nitrogen and oxygen atoms in total. The number of hydrogen-bond donors (Lipinski definition) is 0. The monoisotopic (exact) mass is 257 g/mol. The number of benzene rings is 1. The third-order valence-electron chi connectivity index (χ3n) is 3.42. The van der Waals surface area contributed by atoms with Crippen molar-refractivity contribution >= 4 is 5.69 Å². The normalized spacial score (nSPS) is 10.6. The third kappa shape index (κ3) is 2.89. The van der Waals surface area contributed by atoms with Gasteiger partial charge in [-0.25, -0.2) is 0 Å². The minimum atomic E-state index is -0.545. The molecule has 0 N–H and O–H groups in total. The van der Waals surface area contributed by atoms with Gasteiger partial charge in [0.1, 0.15) is 0 Å². The Hall–Kier alpha value is -2.40. The van der Waals surface area contributed by atoms with Gasteiger partial charge in [-0.1, -0.05) is 20.8 Å². The van der Waals surface area contributed by atoms with Gasteiger partial charge >= 0.3 is 0 Å². The van der Waals surface area contributed by atoms with E-state index in [0.717, 1.165) is 12.0 Å². The van der Waals surface area contributed by atoms with E-state index in [-0.39, 0.29) is 17.5 Å². The van der Waals surface area contributed by atoms with E-state index in [1.54, 1.807) is 6.07 Å². The second-order valence-electron chi connectivity index (χ2n) is 4.97. The summed E-state index contributed by atoms with van der Waals surface area (Å²) >= 11 is 0. The van der Waals surface area contributed by atoms with Crippen LogP contribution < -0.4 is 0 Å². The minimum absolute atomic E-state index is 0.0329. The summed E-state index contributed by atoms with van der Waals surface area (Å²) in [6.07, 6.45) is 0.764. The number of rotatable bonds is 4. The van der Waals surface area contributed by atoms with Crippen LogP contribution in [-0.4, -0.2) is 4.92 Å². The van der Waals surface area contributed by atoms with E-state index < -0.39 is 4.92 Å². The summed E-state index contributed by atoms with van der Waals surface area (Å²) in [6, 6.07) is 6.84. The summed E-state index contributed by atoms with van der Waals surface area (Å²) in [5.41, 5.74) is 1.01. The summed E-state index contributed by atoms with van der Waals surface area (Å²) in [6.45, 7) is 5.95. The molecule has 1 aromatic carbocycles. The fraction of sp³-hybridized carbons (Fsp3) is 0.429. The molecule has 5 heteroatoms. The summed E-state index contributed by atoms with van der Waals surface area (Å²) in [7, 11) is 0. The molecule has 19 heavy (non-hydrogen) atoms. The Bertz CT molecular complexity index is 592. The SMILES string of the molecule is CCC(C)(C)c1cc(CC#N)c([N+](=O)[O-])cc1C#N. The molecule has 0 aliphatic rings. The lowest BCUT2D eigenvalue weighted by Crippen LogP contribution is -2.18. The Morgan fingerprint density at radius 3 is 2.42 bits per heavy atom. The van der Waals surface area contributed by atoms with Crippen molar-refractivity contribution in [3.63, 3.8) is 0 Å². The van der Waals surface area contributed by atoms with Crippen molar-refractivity contribution in [2.24, 2.45) is 0 Å². The molecule has 0 amide bonds. The van der Waals surface area contributed by atoms with Crippen molar-refractivity contribution in [3.05, 3.63) is 38.9 Å². The number of nitro benzene ring substituents is 1. The maximum Gasteiger partial charge on any atom is 0.274 e. The molecule has 0 spiro atoms. The van der Waals surface area contributed by atoms with Crippen molar-refractivity contribution in [1.29, 1.82) is 10.5 Å². The lowest BCUT2D eigenvalue weighted by atomic mass is 9.78. The summed E-state index contributed by atoms with van der Waals surface area (Å²) in [5.74, 6) is 0. The van der Waals surface area contributed by atoms with Crippen LogP contribution in [0.5, 0.6) is 0 Å². The van der Waals surface area contributed by atoms with Crippen LogP contribution >= 0.6 is 0 Å². The first-order valence-electron chi connectivity index (χ1n) is 5.96. The molecule has 0 unspecified atom stereocenters. The van der Waals surface area contributed by atoms with Gasteiger partial charge in [-0.15, -0.1) is 0 Å². The zero-order chi connectivity index (χ0) is 14.6. The van der Waals surface area contributed by atoms with Gasteiger partial charge in [0.25, 0.3) is 5.69 Å². The molecule has 0 aliphatic carbocycles. The van der Waals surface area contributed by atoms with E-state index in [0.29, 0.717) is 11.1 Å². The molecule has 1 aromatic rings. The largest absolute Gasteiger partial charge is 0.274 e. The van der Waals surface area contributed by atoms with Gasteiger partial charge in [-0.3, -0.25) is 10.1 Å². The van der Waals surface area contributed by atoms with E-state index in [4.69, 9.17) is 10.5 Å². The quantitative estimate of drug-likeness (QED) is 0.611. The molecule has 0 aliphatic heterocycles. The highest BCUT2D eigenvalue weighted by molar-refractivity contribution is 5.54. The first kappa shape index (κ1) is 14.7. The minimum Gasteiger partial charge on any atom is -0.258 e. The Kier molecular flexibility index (Phi) is 4.24. The summed E-state index contributed by atoms with van der Waals surface area (Å²) in [5, 5.41) is 28.9. The average molecular weight is 257 g/mol. The standard InChI is InChI=1S/C14H15N3O2/c1-4-14(2,3)12-7-10(5-6-15)13(17(18)19)8-11(12)9-16/h7-8H,4-5H2,1-3H3. The van der Waals surface area contributed by atoms with E-state index in [9.17, 15) is 10.1 Å². The van der Waals surface area contributed by atoms with E-state index in [2.05, 4.69) is 0 Å². The van der Waals surface area contributed by atoms with Gasteiger partial charge in [-0.2, -0.15) is 10.5 Å². The number of nitro groups is 1. The van der Waals surface area contributed by atoms with Crippen LogP contribution in [0.2, 0.25) is 0 Å². The third-order valence-corrected chi connectivity index (χ3v) is 3.42. The van der Waals surface area contributed by atoms with Gasteiger partial charge in [0.05, 0.1) is 29.0 Å². The van der Waals surface area contributed by atoms with Crippen LogP contribution in [0.15, 0.2) is 12.1 Å². The predicted octanol–water partition coefficient (Wildman–Crippen LogP) is 3.22. The molecule has 0 atom stereocenters. The van der Waals surface area contributed by atoms with Gasteiger partial charge in [0, 0.05) is 11.6 Å². The Labute approximate surface area is 112 Å². The molecular weight excluding hydrogens is 242 g/mol. The first-order valence-corrected chi connectivity index (χ1v) is 5.96. The Morgan fingerprint density at radius 1 is 1.37 bits per heavy atom. The van der Waals surface area contributed by atoms with E-state index >= 15 is 0 Å². The van der Waals surface area contributed by atoms with Gasteiger partial charge in [0.15, 0.2) is 0 Å². The predicted molar refractivity (Wildman–Crippen MR) is 70.4 cm³/mol. The molecule has 0 saturated carbocycles. The van der Waals surface area contributed by atoms with Crippen LogP contribution in [0, 0.1) is 32.8 Å². The summed E-state index contributed by atoms with van der Waals surface area (Å²) < 4.78 is 0. The first-order chi connectivity index (χ1) is 8.87. The van der Waals surface area contributed by atoms with Crippen LogP contribution in [0.4, 0.5) is 5.69 Å². The fourth-order valence-electron chi connectivity index (χ4n) is 1.87. The maximum atomic E-state index is 11.0. The van der Waals surface area contributed by atoms with Crippen molar-refractivity contribution in [2.45, 2.75) is 39.0 Å². The zero-order valence-corrected chi connectivity index (χ0v) is 11.2. The lowest BCUT2D eigenvalue weighted by Gasteiger charge is -2.25. The highest BCUT2D eigenvalue weighted by atomic mass is 16.6. The average Bonchev–Trinajstić information content (AvgIpc) is 2.38. The van der Waals surface area contributed by atoms with Crippen molar-refractivity contribution in [3.8, 4) is 12.1 Å². The highest BCUT2D eigenvalue weighted by Gasteiger charge is 2.26. The Balaban J connectivity index is 3.59. The van der Waals surface area contributed by atoms with E-state index in [1.165, 1.54) is 6.07 Å². The molecule has 0 heterocycles. The maximum absolute atomic E-state index is 11.0. The topological polar surface area (TPSA) is 90.7 Å². The van der Waals surface area contributed by atoms with Crippen LogP contribution in [0.1, 0.15) is 43.9 Å². The van der Waals surface area contributed by atoms with E-state index in [1.807, 2.05) is 32.9 Å². The summed E-state index contributed by atoms with van der Waals surface area (Å²) in [4.78, 5) is 10.4. The molecule has 0 fully saturated rings. The van der Waals surface area contributed by atoms with Crippen LogP contribution in [-0.2, 0) is 11.8 Å². The van der Waals surface area contributed by atoms with Crippen molar-refractivity contribution in [2.75, 3.05) is 0 Å². The molecule has 0 saturated heterocycles. The van der Waals surface area contributed by atoms with Gasteiger partial charge in [0.2, 0.25) is 0 Å². The smallest absolute Gasteiger partial charge is 0.258 e. The van der Waals surface area contributed by atoms with Gasteiger partial charge < -0.3 is 0 Å². The van der Waals surface area contributed by atoms with Crippen LogP contribution in [0.25, 0.3) is 0 Å². The molecule has 0 radical (unpaired) electrons. The van der Waals surface area contributed by atoms with Crippen molar-refractivity contribution in [1.82, 2.24) is 0 Å². The number of nitriles is 2. The lowest BCUT2D eigenvalue weighted by molar-refractivity contribution is -0.385. The number of hydrogen-bond acceptors (Lipinski definition) is 4. The van der Waals surface area contributed by atoms with Gasteiger partial charge in [-0.05, 0) is 23.5 Å². The molecule has 0 bridgehead atoms. The second kappa shape index (κ2) is 5.49. The fourth-order valence-corrected chi connectivity index (χ4v) is 1.87. The molecule has 1 rings (SSSR count). The highest BCUT2D eigenvalue weighted by Crippen LogP contribution is 2.34. The molecular formula is C14H15N3O2. The molecule has 98 valence electrons. The second-order valence-corrected chi connectivity index (χ2v) is 4.97. The molecule has 0 aromatic heterocycles. The van der Waals surface area contributed by atoms with Crippen molar-refractivity contribution < 1.29 is 4.92 Å². The zero-order valence-electron chi connectivity index (χ0n) is 11.2.